The van der Waals surface area contributed by atoms with Gasteiger partial charge < -0.3 is 5.11 Å². The molecular formula is C13H12Cl2N5O+. The van der Waals surface area contributed by atoms with Crippen molar-refractivity contribution in [3.63, 3.8) is 0 Å². The Bertz CT molecular complexity index is 799. The molecule has 0 radical (unpaired) electrons. The summed E-state index contributed by atoms with van der Waals surface area (Å²) in [5.41, 5.74) is 2.53. The molecule has 8 heteroatoms. The topological polar surface area (TPSA) is 67.2 Å². The standard InChI is InChI=1S/C13H11Cl2N5O/c1-6-7(2)13-17-19(3)18-20(13)12(6)16-8-4-9(14)11(21)10(15)5-8/h4-5H,1-3H3/p+1. The van der Waals surface area contributed by atoms with Crippen LogP contribution in [0.2, 0.25) is 10.0 Å². The first kappa shape index (κ1) is 14.0. The summed E-state index contributed by atoms with van der Waals surface area (Å²) in [4.78, 5) is 6.02. The second-order valence-corrected chi connectivity index (χ2v) is 5.57. The lowest BCUT2D eigenvalue weighted by Crippen LogP contribution is -2.45. The van der Waals surface area contributed by atoms with Crippen LogP contribution in [0.4, 0.5) is 5.69 Å². The van der Waals surface area contributed by atoms with Crippen molar-refractivity contribution in [2.45, 2.75) is 13.8 Å². The molecule has 0 spiro atoms. The molecule has 0 saturated heterocycles. The number of aromatic nitrogens is 4. The average Bonchev–Trinajstić information content (AvgIpc) is 2.89. The van der Waals surface area contributed by atoms with E-state index in [9.17, 15) is 5.11 Å². The summed E-state index contributed by atoms with van der Waals surface area (Å²) >= 11 is 11.8. The Morgan fingerprint density at radius 1 is 1.19 bits per heavy atom. The Hall–Kier alpha value is -1.92. The maximum Gasteiger partial charge on any atom is 0.296 e. The van der Waals surface area contributed by atoms with Gasteiger partial charge in [0.05, 0.1) is 10.0 Å². The van der Waals surface area contributed by atoms with Gasteiger partial charge in [-0.25, -0.2) is 0 Å². The van der Waals surface area contributed by atoms with Gasteiger partial charge >= 0.3 is 0 Å². The van der Waals surface area contributed by atoms with E-state index in [0.29, 0.717) is 11.5 Å². The van der Waals surface area contributed by atoms with Gasteiger partial charge in [0, 0.05) is 21.5 Å². The number of hydrogen-bond acceptors (Lipinski definition) is 4. The average molecular weight is 325 g/mol. The number of nitrogens with zero attached hydrogens (tertiary/aromatic N) is 5. The largest absolute Gasteiger partial charge is 0.505 e. The minimum Gasteiger partial charge on any atom is -0.505 e. The molecule has 0 bridgehead atoms. The van der Waals surface area contributed by atoms with Crippen LogP contribution in [0.25, 0.3) is 5.57 Å². The van der Waals surface area contributed by atoms with Gasteiger partial charge in [-0.1, -0.05) is 32.7 Å². The van der Waals surface area contributed by atoms with Crippen LogP contribution < -0.4 is 4.68 Å². The van der Waals surface area contributed by atoms with Gasteiger partial charge in [-0.15, -0.1) is 4.99 Å². The summed E-state index contributed by atoms with van der Waals surface area (Å²) in [6, 6.07) is 3.10. The number of phenolic OH excluding ortho intramolecular Hbond substituents is 1. The van der Waals surface area contributed by atoms with Crippen molar-refractivity contribution in [3.05, 3.63) is 33.6 Å². The molecular weight excluding hydrogens is 313 g/mol. The predicted octanol–water partition coefficient (Wildman–Crippen LogP) is 2.50. The zero-order valence-corrected chi connectivity index (χ0v) is 13.1. The van der Waals surface area contributed by atoms with Crippen LogP contribution in [0.5, 0.6) is 5.75 Å². The Morgan fingerprint density at radius 3 is 2.43 bits per heavy atom. The molecule has 2 heterocycles. The highest BCUT2D eigenvalue weighted by Gasteiger charge is 2.33. The lowest BCUT2D eigenvalue weighted by molar-refractivity contribution is -0.623. The number of aryl methyl sites for hydroxylation is 1. The van der Waals surface area contributed by atoms with E-state index >= 15 is 0 Å². The van der Waals surface area contributed by atoms with Crippen LogP contribution in [0.15, 0.2) is 22.7 Å². The maximum absolute atomic E-state index is 9.59. The van der Waals surface area contributed by atoms with Crippen LogP contribution in [0, 0.1) is 0 Å². The Balaban J connectivity index is 2.16. The summed E-state index contributed by atoms with van der Waals surface area (Å²) in [5.74, 6) is 1.27. The summed E-state index contributed by atoms with van der Waals surface area (Å²) in [6.07, 6.45) is 0. The first-order chi connectivity index (χ1) is 9.88. The van der Waals surface area contributed by atoms with E-state index in [1.165, 1.54) is 4.80 Å². The van der Waals surface area contributed by atoms with E-state index in [4.69, 9.17) is 23.2 Å². The number of aliphatic imine (C=N–C) groups is 1. The number of rotatable bonds is 1. The van der Waals surface area contributed by atoms with Crippen molar-refractivity contribution in [1.82, 2.24) is 15.1 Å². The van der Waals surface area contributed by atoms with Crippen molar-refractivity contribution >= 4 is 40.3 Å². The number of phenols is 1. The zero-order chi connectivity index (χ0) is 15.3. The number of allylic oxidation sites excluding steroid dienone is 2. The van der Waals surface area contributed by atoms with Crippen LogP contribution in [-0.2, 0) is 7.05 Å². The number of benzene rings is 1. The molecule has 6 nitrogen and oxygen atoms in total. The SMILES string of the molecule is CC1=C(C)c2nn(C)n[n+]2C1=Nc1cc(Cl)c(O)c(Cl)c1. The molecule has 0 amide bonds. The Labute approximate surface area is 130 Å². The van der Waals surface area contributed by atoms with Crippen molar-refractivity contribution in [1.29, 1.82) is 0 Å². The maximum atomic E-state index is 9.59. The smallest absolute Gasteiger partial charge is 0.296 e. The molecule has 21 heavy (non-hydrogen) atoms. The van der Waals surface area contributed by atoms with Gasteiger partial charge in [-0.05, 0) is 26.0 Å². The fourth-order valence-electron chi connectivity index (χ4n) is 2.11. The van der Waals surface area contributed by atoms with Gasteiger partial charge in [0.15, 0.2) is 5.75 Å². The molecule has 1 aromatic carbocycles. The molecule has 1 aromatic heterocycles. The lowest BCUT2D eigenvalue weighted by Gasteiger charge is -2.01. The fraction of sp³-hybridized carbons (Fsp3) is 0.231. The Morgan fingerprint density at radius 2 is 1.81 bits per heavy atom. The number of hydrogen-bond donors (Lipinski definition) is 1. The van der Waals surface area contributed by atoms with Gasteiger partial charge in [0.25, 0.3) is 11.7 Å². The predicted molar refractivity (Wildman–Crippen MR) is 80.1 cm³/mol. The minimum atomic E-state index is -0.148. The van der Waals surface area contributed by atoms with E-state index in [1.54, 1.807) is 23.9 Å². The third kappa shape index (κ3) is 2.20. The third-order valence-electron chi connectivity index (χ3n) is 3.33. The number of halogens is 2. The molecule has 0 saturated carbocycles. The number of aromatic hydroxyl groups is 1. The summed E-state index contributed by atoms with van der Waals surface area (Å²) in [5, 5.41) is 18.5. The second kappa shape index (κ2) is 4.82. The molecule has 108 valence electrons. The normalized spacial score (nSPS) is 16.0. The van der Waals surface area contributed by atoms with E-state index in [2.05, 4.69) is 15.3 Å². The Kier molecular flexibility index (Phi) is 3.22. The van der Waals surface area contributed by atoms with Crippen LogP contribution in [0.1, 0.15) is 19.7 Å². The summed E-state index contributed by atoms with van der Waals surface area (Å²) < 4.78 is 1.67. The molecule has 0 aliphatic carbocycles. The summed E-state index contributed by atoms with van der Waals surface area (Å²) in [7, 11) is 1.75. The first-order valence-corrected chi connectivity index (χ1v) is 6.93. The minimum absolute atomic E-state index is 0.148. The number of fused-ring (bicyclic) bond motifs is 1. The molecule has 1 aliphatic rings. The second-order valence-electron chi connectivity index (χ2n) is 4.76. The highest BCUT2D eigenvalue weighted by atomic mass is 35.5. The lowest BCUT2D eigenvalue weighted by atomic mass is 10.2. The van der Waals surface area contributed by atoms with Gasteiger partial charge in [0.1, 0.15) is 12.7 Å². The van der Waals surface area contributed by atoms with E-state index in [0.717, 1.165) is 17.0 Å². The molecule has 0 unspecified atom stereocenters. The van der Waals surface area contributed by atoms with Crippen molar-refractivity contribution < 1.29 is 9.79 Å². The van der Waals surface area contributed by atoms with Gasteiger partial charge in [-0.2, -0.15) is 0 Å². The fourth-order valence-corrected chi connectivity index (χ4v) is 2.59. The van der Waals surface area contributed by atoms with Gasteiger partial charge in [0.2, 0.25) is 0 Å². The number of tetrazole rings is 1. The quantitative estimate of drug-likeness (QED) is 0.819. The molecule has 0 atom stereocenters. The summed E-state index contributed by atoms with van der Waals surface area (Å²) in [6.45, 7) is 3.92. The van der Waals surface area contributed by atoms with Crippen LogP contribution >= 0.6 is 23.2 Å². The third-order valence-corrected chi connectivity index (χ3v) is 3.91. The van der Waals surface area contributed by atoms with E-state index in [-0.39, 0.29) is 15.8 Å². The van der Waals surface area contributed by atoms with Crippen LogP contribution in [-0.4, -0.2) is 26.1 Å². The monoisotopic (exact) mass is 324 g/mol. The van der Waals surface area contributed by atoms with Crippen molar-refractivity contribution in [2.75, 3.05) is 0 Å². The molecule has 1 N–H and O–H groups in total. The highest BCUT2D eigenvalue weighted by molar-refractivity contribution is 6.37. The first-order valence-electron chi connectivity index (χ1n) is 6.17. The van der Waals surface area contributed by atoms with Gasteiger partial charge in [-0.3, -0.25) is 0 Å². The van der Waals surface area contributed by atoms with Crippen LogP contribution in [0.3, 0.4) is 0 Å². The molecule has 2 aromatic rings. The van der Waals surface area contributed by atoms with Crippen molar-refractivity contribution in [3.8, 4) is 5.75 Å². The highest BCUT2D eigenvalue weighted by Crippen LogP contribution is 2.36. The molecule has 0 fully saturated rings. The zero-order valence-electron chi connectivity index (χ0n) is 11.6. The molecule has 1 aliphatic heterocycles. The van der Waals surface area contributed by atoms with E-state index < -0.39 is 0 Å². The van der Waals surface area contributed by atoms with E-state index in [1.807, 2.05) is 13.8 Å². The van der Waals surface area contributed by atoms with Crippen molar-refractivity contribution in [2.24, 2.45) is 12.0 Å². The molecule has 3 rings (SSSR count).